The van der Waals surface area contributed by atoms with E-state index in [9.17, 15) is 0 Å². The molecule has 1 N–H and O–H groups in total. The van der Waals surface area contributed by atoms with Crippen LogP contribution < -0.4 is 10.1 Å². The minimum atomic E-state index is 0.477. The van der Waals surface area contributed by atoms with Crippen molar-refractivity contribution < 1.29 is 4.74 Å². The Labute approximate surface area is 126 Å². The zero-order chi connectivity index (χ0) is 14.1. The Balaban J connectivity index is 2.39. The molecule has 0 saturated heterocycles. The van der Waals surface area contributed by atoms with Gasteiger partial charge in [0.15, 0.2) is 0 Å². The van der Waals surface area contributed by atoms with Crippen molar-refractivity contribution in [3.8, 4) is 5.75 Å². The first-order valence-electron chi connectivity index (χ1n) is 7.27. The van der Waals surface area contributed by atoms with Gasteiger partial charge in [-0.1, -0.05) is 55.0 Å². The molecule has 0 spiro atoms. The highest BCUT2D eigenvalue weighted by molar-refractivity contribution is 9.10. The van der Waals surface area contributed by atoms with Crippen LogP contribution in [-0.4, -0.2) is 13.2 Å². The van der Waals surface area contributed by atoms with Crippen LogP contribution in [0, 0.1) is 0 Å². The molecule has 1 rings (SSSR count). The van der Waals surface area contributed by atoms with Crippen LogP contribution in [0.5, 0.6) is 5.75 Å². The Hall–Kier alpha value is -0.700. The maximum atomic E-state index is 5.38. The highest BCUT2D eigenvalue weighted by atomic mass is 79.9. The third-order valence-corrected chi connectivity index (χ3v) is 3.80. The maximum Gasteiger partial charge on any atom is 0.142 e. The summed E-state index contributed by atoms with van der Waals surface area (Å²) >= 11 is 3.50. The second kappa shape index (κ2) is 9.24. The molecule has 108 valence electrons. The van der Waals surface area contributed by atoms with Gasteiger partial charge in [0.2, 0.25) is 0 Å². The highest BCUT2D eigenvalue weighted by Crippen LogP contribution is 2.28. The van der Waals surface area contributed by atoms with Crippen molar-refractivity contribution in [1.29, 1.82) is 0 Å². The quantitative estimate of drug-likeness (QED) is 0.594. The SMILES string of the molecule is CCCCCCCC(C)Nc1cc(Br)ccc1OC. The average Bonchev–Trinajstić information content (AvgIpc) is 2.39. The summed E-state index contributed by atoms with van der Waals surface area (Å²) in [5.41, 5.74) is 1.07. The van der Waals surface area contributed by atoms with Gasteiger partial charge in [-0.25, -0.2) is 0 Å². The first-order chi connectivity index (χ1) is 9.17. The Morgan fingerprint density at radius 1 is 1.21 bits per heavy atom. The van der Waals surface area contributed by atoms with Gasteiger partial charge in [0.05, 0.1) is 12.8 Å². The maximum absolute atomic E-state index is 5.38. The van der Waals surface area contributed by atoms with E-state index < -0.39 is 0 Å². The fourth-order valence-electron chi connectivity index (χ4n) is 2.18. The number of rotatable bonds is 9. The van der Waals surface area contributed by atoms with Crippen molar-refractivity contribution >= 4 is 21.6 Å². The second-order valence-electron chi connectivity index (χ2n) is 5.09. The van der Waals surface area contributed by atoms with E-state index in [-0.39, 0.29) is 0 Å². The lowest BCUT2D eigenvalue weighted by atomic mass is 10.1. The Morgan fingerprint density at radius 3 is 2.63 bits per heavy atom. The van der Waals surface area contributed by atoms with Gasteiger partial charge in [0.25, 0.3) is 0 Å². The largest absolute Gasteiger partial charge is 0.495 e. The average molecular weight is 328 g/mol. The van der Waals surface area contributed by atoms with Crippen molar-refractivity contribution in [2.75, 3.05) is 12.4 Å². The third kappa shape index (κ3) is 6.33. The van der Waals surface area contributed by atoms with E-state index in [0.29, 0.717) is 6.04 Å². The van der Waals surface area contributed by atoms with E-state index in [4.69, 9.17) is 4.74 Å². The summed E-state index contributed by atoms with van der Waals surface area (Å²) in [6, 6.07) is 6.54. The van der Waals surface area contributed by atoms with Gasteiger partial charge < -0.3 is 10.1 Å². The van der Waals surface area contributed by atoms with Crippen molar-refractivity contribution in [2.45, 2.75) is 58.4 Å². The predicted octanol–water partition coefficient (Wildman–Crippen LogP) is 5.62. The minimum Gasteiger partial charge on any atom is -0.495 e. The Morgan fingerprint density at radius 2 is 1.95 bits per heavy atom. The summed E-state index contributed by atoms with van der Waals surface area (Å²) in [5.74, 6) is 0.904. The summed E-state index contributed by atoms with van der Waals surface area (Å²) < 4.78 is 6.45. The van der Waals surface area contributed by atoms with E-state index in [1.54, 1.807) is 7.11 Å². The fourth-order valence-corrected chi connectivity index (χ4v) is 2.55. The molecule has 0 aromatic heterocycles. The highest BCUT2D eigenvalue weighted by Gasteiger charge is 2.07. The van der Waals surface area contributed by atoms with Crippen molar-refractivity contribution in [3.05, 3.63) is 22.7 Å². The standard InChI is InChI=1S/C16H26BrNO/c1-4-5-6-7-8-9-13(2)18-15-12-14(17)10-11-16(15)19-3/h10-13,18H,4-9H2,1-3H3. The number of unbranched alkanes of at least 4 members (excludes halogenated alkanes) is 4. The lowest BCUT2D eigenvalue weighted by molar-refractivity contribution is 0.415. The molecule has 0 heterocycles. The normalized spacial score (nSPS) is 12.2. The Kier molecular flexibility index (Phi) is 7.96. The van der Waals surface area contributed by atoms with Gasteiger partial charge in [-0.05, 0) is 31.5 Å². The van der Waals surface area contributed by atoms with Gasteiger partial charge in [-0.3, -0.25) is 0 Å². The first kappa shape index (κ1) is 16.4. The van der Waals surface area contributed by atoms with E-state index in [1.165, 1.54) is 38.5 Å². The summed E-state index contributed by atoms with van der Waals surface area (Å²) in [5, 5.41) is 3.54. The van der Waals surface area contributed by atoms with E-state index in [0.717, 1.165) is 15.9 Å². The summed E-state index contributed by atoms with van der Waals surface area (Å²) in [6.07, 6.45) is 7.88. The molecule has 3 heteroatoms. The van der Waals surface area contributed by atoms with E-state index in [2.05, 4.69) is 41.2 Å². The molecule has 0 radical (unpaired) electrons. The molecule has 0 bridgehead atoms. The van der Waals surface area contributed by atoms with Crippen molar-refractivity contribution in [2.24, 2.45) is 0 Å². The van der Waals surface area contributed by atoms with Crippen LogP contribution in [0.4, 0.5) is 5.69 Å². The summed E-state index contributed by atoms with van der Waals surface area (Å²) in [6.45, 7) is 4.49. The fraction of sp³-hybridized carbons (Fsp3) is 0.625. The molecular formula is C16H26BrNO. The van der Waals surface area contributed by atoms with Crippen LogP contribution in [0.3, 0.4) is 0 Å². The number of halogens is 1. The number of benzene rings is 1. The van der Waals surface area contributed by atoms with Crippen LogP contribution in [-0.2, 0) is 0 Å². The molecule has 1 aromatic rings. The smallest absolute Gasteiger partial charge is 0.142 e. The molecule has 0 aliphatic heterocycles. The van der Waals surface area contributed by atoms with Gasteiger partial charge in [0.1, 0.15) is 5.75 Å². The van der Waals surface area contributed by atoms with Crippen LogP contribution in [0.1, 0.15) is 52.4 Å². The van der Waals surface area contributed by atoms with Gasteiger partial charge >= 0.3 is 0 Å². The number of nitrogens with one attached hydrogen (secondary N) is 1. The van der Waals surface area contributed by atoms with Gasteiger partial charge in [0, 0.05) is 10.5 Å². The molecule has 0 amide bonds. The van der Waals surface area contributed by atoms with Gasteiger partial charge in [-0.15, -0.1) is 0 Å². The summed E-state index contributed by atoms with van der Waals surface area (Å²) in [7, 11) is 1.71. The lowest BCUT2D eigenvalue weighted by Crippen LogP contribution is -2.15. The van der Waals surface area contributed by atoms with Crippen molar-refractivity contribution in [1.82, 2.24) is 0 Å². The zero-order valence-electron chi connectivity index (χ0n) is 12.3. The molecule has 0 saturated carbocycles. The lowest BCUT2D eigenvalue weighted by Gasteiger charge is -2.17. The van der Waals surface area contributed by atoms with Crippen LogP contribution in [0.2, 0.25) is 0 Å². The van der Waals surface area contributed by atoms with Crippen LogP contribution in [0.25, 0.3) is 0 Å². The molecule has 1 aromatic carbocycles. The molecule has 0 aliphatic carbocycles. The number of ether oxygens (including phenoxy) is 1. The number of hydrogen-bond acceptors (Lipinski definition) is 2. The molecule has 19 heavy (non-hydrogen) atoms. The topological polar surface area (TPSA) is 21.3 Å². The van der Waals surface area contributed by atoms with E-state index in [1.807, 2.05) is 12.1 Å². The van der Waals surface area contributed by atoms with Crippen molar-refractivity contribution in [3.63, 3.8) is 0 Å². The molecular weight excluding hydrogens is 302 g/mol. The zero-order valence-corrected chi connectivity index (χ0v) is 13.9. The second-order valence-corrected chi connectivity index (χ2v) is 6.01. The molecule has 2 nitrogen and oxygen atoms in total. The number of methoxy groups -OCH3 is 1. The molecule has 0 fully saturated rings. The van der Waals surface area contributed by atoms with Crippen LogP contribution >= 0.6 is 15.9 Å². The third-order valence-electron chi connectivity index (χ3n) is 3.30. The number of anilines is 1. The molecule has 1 unspecified atom stereocenters. The van der Waals surface area contributed by atoms with Gasteiger partial charge in [-0.2, -0.15) is 0 Å². The van der Waals surface area contributed by atoms with E-state index >= 15 is 0 Å². The molecule has 0 aliphatic rings. The molecule has 1 atom stereocenters. The summed E-state index contributed by atoms with van der Waals surface area (Å²) in [4.78, 5) is 0. The first-order valence-corrected chi connectivity index (χ1v) is 8.06. The minimum absolute atomic E-state index is 0.477. The van der Waals surface area contributed by atoms with Crippen LogP contribution in [0.15, 0.2) is 22.7 Å². The Bertz CT molecular complexity index is 368. The predicted molar refractivity (Wildman–Crippen MR) is 87.2 cm³/mol. The monoisotopic (exact) mass is 327 g/mol. The number of hydrogen-bond donors (Lipinski definition) is 1.